The molecule has 2 aliphatic heterocycles. The van der Waals surface area contributed by atoms with Gasteiger partial charge in [-0.1, -0.05) is 0 Å². The number of amides is 3. The highest BCUT2D eigenvalue weighted by Crippen LogP contribution is 2.28. The van der Waals surface area contributed by atoms with Crippen LogP contribution in [-0.4, -0.2) is 55.1 Å². The van der Waals surface area contributed by atoms with Gasteiger partial charge in [-0.3, -0.25) is 15.0 Å². The van der Waals surface area contributed by atoms with E-state index in [0.717, 1.165) is 12.8 Å². The van der Waals surface area contributed by atoms with Crippen LogP contribution in [0.25, 0.3) is 0 Å². The Kier molecular flexibility index (Phi) is 4.76. The first-order valence-electron chi connectivity index (χ1n) is 7.12. The summed E-state index contributed by atoms with van der Waals surface area (Å²) in [5, 5.41) is 8.48. The van der Waals surface area contributed by atoms with Crippen LogP contribution >= 0.6 is 0 Å². The second-order valence-electron chi connectivity index (χ2n) is 5.59. The third kappa shape index (κ3) is 3.91. The maximum absolute atomic E-state index is 11.7. The monoisotopic (exact) mass is 268 g/mol. The number of nitrogens with one attached hydrogen (secondary N) is 3. The minimum absolute atomic E-state index is 0.237. The van der Waals surface area contributed by atoms with Gasteiger partial charge in [0.15, 0.2) is 0 Å². The van der Waals surface area contributed by atoms with Gasteiger partial charge in [-0.05, 0) is 39.7 Å². The van der Waals surface area contributed by atoms with Crippen LogP contribution in [0.1, 0.15) is 32.6 Å². The van der Waals surface area contributed by atoms with Gasteiger partial charge >= 0.3 is 6.03 Å². The zero-order chi connectivity index (χ0) is 13.8. The fourth-order valence-electron chi connectivity index (χ4n) is 3.11. The molecule has 0 aliphatic carbocycles. The Labute approximate surface area is 114 Å². The lowest BCUT2D eigenvalue weighted by Gasteiger charge is -2.35. The van der Waals surface area contributed by atoms with Gasteiger partial charge in [0.25, 0.3) is 0 Å². The van der Waals surface area contributed by atoms with Crippen LogP contribution in [0.3, 0.4) is 0 Å². The average molecular weight is 268 g/mol. The summed E-state index contributed by atoms with van der Waals surface area (Å²) >= 11 is 0. The van der Waals surface area contributed by atoms with E-state index >= 15 is 0 Å². The van der Waals surface area contributed by atoms with E-state index in [1.807, 2.05) is 14.0 Å². The molecule has 6 heteroatoms. The summed E-state index contributed by atoms with van der Waals surface area (Å²) in [6.07, 6.45) is 4.70. The lowest BCUT2D eigenvalue weighted by Crippen LogP contribution is -2.50. The maximum atomic E-state index is 11.7. The number of likely N-dealkylation sites (N-methyl/N-ethyl adjacent to an activating group) is 1. The molecule has 2 rings (SSSR count). The molecular formula is C13H24N4O2. The highest BCUT2D eigenvalue weighted by atomic mass is 16.2. The van der Waals surface area contributed by atoms with E-state index in [0.29, 0.717) is 24.7 Å². The van der Waals surface area contributed by atoms with Crippen molar-refractivity contribution < 1.29 is 9.59 Å². The molecular weight excluding hydrogens is 244 g/mol. The van der Waals surface area contributed by atoms with Crippen molar-refractivity contribution in [3.8, 4) is 0 Å². The van der Waals surface area contributed by atoms with E-state index in [9.17, 15) is 9.59 Å². The molecule has 0 spiro atoms. The summed E-state index contributed by atoms with van der Waals surface area (Å²) in [4.78, 5) is 25.1. The number of nitrogens with zero attached hydrogens (tertiary/aromatic N) is 1. The quantitative estimate of drug-likeness (QED) is 0.673. The molecule has 0 aromatic rings. The van der Waals surface area contributed by atoms with Crippen molar-refractivity contribution in [2.45, 2.75) is 50.7 Å². The summed E-state index contributed by atoms with van der Waals surface area (Å²) in [5.41, 5.74) is 0. The molecule has 108 valence electrons. The highest BCUT2D eigenvalue weighted by molar-refractivity contribution is 5.95. The average Bonchev–Trinajstić information content (AvgIpc) is 2.68. The van der Waals surface area contributed by atoms with Crippen molar-refractivity contribution in [3.05, 3.63) is 0 Å². The van der Waals surface area contributed by atoms with E-state index in [1.54, 1.807) is 0 Å². The normalized spacial score (nSPS) is 29.3. The molecule has 6 nitrogen and oxygen atoms in total. The zero-order valence-electron chi connectivity index (χ0n) is 11.7. The molecule has 3 amide bonds. The van der Waals surface area contributed by atoms with E-state index in [-0.39, 0.29) is 12.5 Å². The first-order chi connectivity index (χ1) is 9.08. The van der Waals surface area contributed by atoms with Crippen LogP contribution in [0.5, 0.6) is 0 Å². The molecule has 3 N–H and O–H groups in total. The number of rotatable bonds is 4. The summed E-state index contributed by atoms with van der Waals surface area (Å²) in [6.45, 7) is 2.62. The lowest BCUT2D eigenvalue weighted by atomic mass is 9.98. The predicted molar refractivity (Wildman–Crippen MR) is 72.8 cm³/mol. The summed E-state index contributed by atoms with van der Waals surface area (Å²) < 4.78 is 0. The van der Waals surface area contributed by atoms with Crippen molar-refractivity contribution in [2.24, 2.45) is 0 Å². The second kappa shape index (κ2) is 6.34. The van der Waals surface area contributed by atoms with E-state index in [4.69, 9.17) is 0 Å². The minimum atomic E-state index is -0.411. The van der Waals surface area contributed by atoms with Gasteiger partial charge in [-0.15, -0.1) is 0 Å². The fraction of sp³-hybridized carbons (Fsp3) is 0.846. The maximum Gasteiger partial charge on any atom is 0.321 e. The second-order valence-corrected chi connectivity index (χ2v) is 5.59. The first-order valence-corrected chi connectivity index (χ1v) is 7.12. The van der Waals surface area contributed by atoms with Crippen LogP contribution in [0.2, 0.25) is 0 Å². The molecule has 2 saturated heterocycles. The number of urea groups is 1. The van der Waals surface area contributed by atoms with Gasteiger partial charge in [-0.2, -0.15) is 0 Å². The van der Waals surface area contributed by atoms with Crippen molar-refractivity contribution in [1.29, 1.82) is 0 Å². The third-order valence-electron chi connectivity index (χ3n) is 4.05. The Morgan fingerprint density at radius 2 is 1.89 bits per heavy atom. The van der Waals surface area contributed by atoms with Crippen molar-refractivity contribution in [1.82, 2.24) is 20.9 Å². The Balaban J connectivity index is 1.75. The molecule has 2 heterocycles. The van der Waals surface area contributed by atoms with Crippen LogP contribution in [-0.2, 0) is 4.79 Å². The highest BCUT2D eigenvalue weighted by Gasteiger charge is 2.35. The van der Waals surface area contributed by atoms with Crippen LogP contribution in [0.4, 0.5) is 4.79 Å². The van der Waals surface area contributed by atoms with Crippen molar-refractivity contribution >= 4 is 11.9 Å². The molecule has 2 atom stereocenters. The zero-order valence-corrected chi connectivity index (χ0v) is 11.7. The summed E-state index contributed by atoms with van der Waals surface area (Å²) in [7, 11) is 1.97. The molecule has 2 aliphatic rings. The van der Waals surface area contributed by atoms with Gasteiger partial charge in [-0.25, -0.2) is 4.79 Å². The molecule has 0 saturated carbocycles. The molecule has 19 heavy (non-hydrogen) atoms. The van der Waals surface area contributed by atoms with Crippen molar-refractivity contribution in [2.75, 3.05) is 20.1 Å². The molecule has 2 bridgehead atoms. The van der Waals surface area contributed by atoms with Crippen LogP contribution in [0, 0.1) is 0 Å². The minimum Gasteiger partial charge on any atom is -0.338 e. The Hall–Kier alpha value is -1.14. The van der Waals surface area contributed by atoms with Crippen molar-refractivity contribution in [3.63, 3.8) is 0 Å². The summed E-state index contributed by atoms with van der Waals surface area (Å²) in [6, 6.07) is 1.25. The van der Waals surface area contributed by atoms with Gasteiger partial charge in [0.05, 0.1) is 6.54 Å². The number of imide groups is 1. The van der Waals surface area contributed by atoms with Gasteiger partial charge in [0.1, 0.15) is 0 Å². The SMILES string of the molecule is CCNC(=O)NC(=O)CN(C)C1CC2CCC(C1)N2. The molecule has 0 aromatic carbocycles. The van der Waals surface area contributed by atoms with E-state index in [2.05, 4.69) is 20.9 Å². The first kappa shape index (κ1) is 14.3. The number of carbonyl (C=O) groups is 2. The molecule has 2 unspecified atom stereocenters. The number of hydrogen-bond donors (Lipinski definition) is 3. The van der Waals surface area contributed by atoms with E-state index < -0.39 is 6.03 Å². The largest absolute Gasteiger partial charge is 0.338 e. The Morgan fingerprint density at radius 3 is 2.47 bits per heavy atom. The smallest absolute Gasteiger partial charge is 0.321 e. The van der Waals surface area contributed by atoms with Crippen LogP contribution < -0.4 is 16.0 Å². The van der Waals surface area contributed by atoms with Crippen LogP contribution in [0.15, 0.2) is 0 Å². The molecule has 2 fully saturated rings. The topological polar surface area (TPSA) is 73.5 Å². The standard InChI is InChI=1S/C13H24N4O2/c1-3-14-13(19)16-12(18)8-17(2)11-6-9-4-5-10(7-11)15-9/h9-11,15H,3-8H2,1-2H3,(H2,14,16,18,19). The molecule has 0 radical (unpaired) electrons. The summed E-state index contributed by atoms with van der Waals surface area (Å²) in [5.74, 6) is -0.237. The molecule has 0 aromatic heterocycles. The predicted octanol–water partition coefficient (Wildman–Crippen LogP) is 0.0469. The number of fused-ring (bicyclic) bond motifs is 2. The van der Waals surface area contributed by atoms with E-state index in [1.165, 1.54) is 12.8 Å². The number of carbonyl (C=O) groups excluding carboxylic acids is 2. The van der Waals surface area contributed by atoms with Gasteiger partial charge in [0, 0.05) is 24.7 Å². The van der Waals surface area contributed by atoms with Gasteiger partial charge < -0.3 is 10.6 Å². The number of hydrogen-bond acceptors (Lipinski definition) is 4. The Bertz CT molecular complexity index is 336. The van der Waals surface area contributed by atoms with Gasteiger partial charge in [0.2, 0.25) is 5.91 Å². The lowest BCUT2D eigenvalue weighted by molar-refractivity contribution is -0.121. The third-order valence-corrected chi connectivity index (χ3v) is 4.05. The number of piperidine rings is 1. The fourth-order valence-corrected chi connectivity index (χ4v) is 3.11. The Morgan fingerprint density at radius 1 is 1.26 bits per heavy atom.